The van der Waals surface area contributed by atoms with E-state index < -0.39 is 0 Å². The Kier molecular flexibility index (Phi) is 7.11. The Balaban J connectivity index is 3.63. The van der Waals surface area contributed by atoms with Crippen LogP contribution in [0.1, 0.15) is 59.8 Å². The van der Waals surface area contributed by atoms with Gasteiger partial charge in [-0.25, -0.2) is 4.79 Å². The van der Waals surface area contributed by atoms with Gasteiger partial charge in [-0.05, 0) is 11.8 Å². The van der Waals surface area contributed by atoms with Crippen molar-refractivity contribution in [1.82, 2.24) is 0 Å². The average molecular weight is 226 g/mol. The Bertz CT molecular complexity index is 223. The van der Waals surface area contributed by atoms with E-state index in [9.17, 15) is 4.79 Å². The van der Waals surface area contributed by atoms with Gasteiger partial charge >= 0.3 is 5.97 Å². The molecule has 0 radical (unpaired) electrons. The topological polar surface area (TPSA) is 26.3 Å². The molecule has 0 spiro atoms. The summed E-state index contributed by atoms with van der Waals surface area (Å²) in [6.45, 7) is 12.4. The minimum atomic E-state index is -0.247. The predicted molar refractivity (Wildman–Crippen MR) is 68.3 cm³/mol. The Hall–Kier alpha value is -0.790. The zero-order chi connectivity index (χ0) is 12.6. The van der Waals surface area contributed by atoms with Gasteiger partial charge in [0, 0.05) is 5.57 Å². The highest BCUT2D eigenvalue weighted by molar-refractivity contribution is 5.88. The second-order valence-electron chi connectivity index (χ2n) is 5.28. The predicted octanol–water partition coefficient (Wildman–Crippen LogP) is 4.10. The third kappa shape index (κ3) is 6.65. The SMILES string of the molecule is C=C(C(=O)OCCCCCCC)C(C)(C)C. The third-order valence-electron chi connectivity index (χ3n) is 2.63. The van der Waals surface area contributed by atoms with E-state index in [-0.39, 0.29) is 11.4 Å². The normalized spacial score (nSPS) is 11.2. The number of hydrogen-bond acceptors (Lipinski definition) is 2. The zero-order valence-corrected chi connectivity index (χ0v) is 11.3. The lowest BCUT2D eigenvalue weighted by Crippen LogP contribution is -2.19. The van der Waals surface area contributed by atoms with Crippen LogP contribution >= 0.6 is 0 Å². The molecule has 0 saturated heterocycles. The van der Waals surface area contributed by atoms with Crippen molar-refractivity contribution < 1.29 is 9.53 Å². The van der Waals surface area contributed by atoms with Crippen molar-refractivity contribution in [3.63, 3.8) is 0 Å². The van der Waals surface area contributed by atoms with Crippen molar-refractivity contribution >= 4 is 5.97 Å². The Morgan fingerprint density at radius 2 is 1.69 bits per heavy atom. The number of hydrogen-bond donors (Lipinski definition) is 0. The van der Waals surface area contributed by atoms with Crippen molar-refractivity contribution in [2.24, 2.45) is 5.41 Å². The summed E-state index contributed by atoms with van der Waals surface area (Å²) in [5, 5.41) is 0. The van der Waals surface area contributed by atoms with E-state index in [0.717, 1.165) is 12.8 Å². The molecule has 0 aromatic carbocycles. The van der Waals surface area contributed by atoms with Crippen molar-refractivity contribution in [1.29, 1.82) is 0 Å². The molecule has 16 heavy (non-hydrogen) atoms. The molecule has 0 unspecified atom stereocenters. The maximum atomic E-state index is 11.6. The van der Waals surface area contributed by atoms with Crippen LogP contribution in [-0.2, 0) is 9.53 Å². The second kappa shape index (κ2) is 7.48. The number of ether oxygens (including phenoxy) is 1. The van der Waals surface area contributed by atoms with Crippen molar-refractivity contribution in [3.8, 4) is 0 Å². The van der Waals surface area contributed by atoms with Crippen LogP contribution in [0, 0.1) is 5.41 Å². The van der Waals surface area contributed by atoms with Gasteiger partial charge in [0.15, 0.2) is 0 Å². The molecule has 0 atom stereocenters. The van der Waals surface area contributed by atoms with Crippen molar-refractivity contribution in [3.05, 3.63) is 12.2 Å². The first-order chi connectivity index (χ1) is 7.39. The van der Waals surface area contributed by atoms with Gasteiger partial charge in [0.1, 0.15) is 0 Å². The molecule has 0 aliphatic heterocycles. The fourth-order valence-corrected chi connectivity index (χ4v) is 1.26. The summed E-state index contributed by atoms with van der Waals surface area (Å²) < 4.78 is 5.17. The van der Waals surface area contributed by atoms with Gasteiger partial charge in [-0.3, -0.25) is 0 Å². The van der Waals surface area contributed by atoms with Gasteiger partial charge in [0.2, 0.25) is 0 Å². The molecule has 0 aromatic heterocycles. The van der Waals surface area contributed by atoms with Crippen LogP contribution in [0.15, 0.2) is 12.2 Å². The molecule has 0 aliphatic carbocycles. The highest BCUT2D eigenvalue weighted by Gasteiger charge is 2.22. The molecule has 0 aliphatic rings. The van der Waals surface area contributed by atoms with Crippen LogP contribution in [0.2, 0.25) is 0 Å². The molecule has 0 saturated carbocycles. The minimum absolute atomic E-state index is 0.195. The lowest BCUT2D eigenvalue weighted by Gasteiger charge is -2.19. The fourth-order valence-electron chi connectivity index (χ4n) is 1.26. The number of esters is 1. The summed E-state index contributed by atoms with van der Waals surface area (Å²) in [4.78, 5) is 11.6. The first-order valence-electron chi connectivity index (χ1n) is 6.26. The lowest BCUT2D eigenvalue weighted by molar-refractivity contribution is -0.140. The van der Waals surface area contributed by atoms with E-state index in [2.05, 4.69) is 13.5 Å². The summed E-state index contributed by atoms with van der Waals surface area (Å²) in [6.07, 6.45) is 5.84. The molecule has 0 heterocycles. The van der Waals surface area contributed by atoms with Gasteiger partial charge in [-0.1, -0.05) is 60.0 Å². The third-order valence-corrected chi connectivity index (χ3v) is 2.63. The first-order valence-corrected chi connectivity index (χ1v) is 6.26. The Morgan fingerprint density at radius 3 is 2.19 bits per heavy atom. The Morgan fingerprint density at radius 1 is 1.12 bits per heavy atom. The van der Waals surface area contributed by atoms with Crippen molar-refractivity contribution in [2.45, 2.75) is 59.8 Å². The number of rotatable bonds is 7. The molecule has 2 nitrogen and oxygen atoms in total. The molecule has 94 valence electrons. The van der Waals surface area contributed by atoms with Gasteiger partial charge in [0.25, 0.3) is 0 Å². The van der Waals surface area contributed by atoms with E-state index >= 15 is 0 Å². The maximum absolute atomic E-state index is 11.6. The zero-order valence-electron chi connectivity index (χ0n) is 11.3. The van der Waals surface area contributed by atoms with E-state index in [1.807, 2.05) is 20.8 Å². The van der Waals surface area contributed by atoms with Crippen LogP contribution < -0.4 is 0 Å². The molecule has 2 heteroatoms. The number of unbranched alkanes of at least 4 members (excludes halogenated alkanes) is 4. The van der Waals surface area contributed by atoms with Crippen LogP contribution in [0.4, 0.5) is 0 Å². The first kappa shape index (κ1) is 15.2. The number of carbonyl (C=O) groups excluding carboxylic acids is 1. The van der Waals surface area contributed by atoms with Gasteiger partial charge in [0.05, 0.1) is 6.61 Å². The largest absolute Gasteiger partial charge is 0.462 e. The molecule has 0 fully saturated rings. The summed E-state index contributed by atoms with van der Waals surface area (Å²) in [6, 6.07) is 0. The monoisotopic (exact) mass is 226 g/mol. The van der Waals surface area contributed by atoms with E-state index in [1.165, 1.54) is 19.3 Å². The summed E-state index contributed by atoms with van der Waals surface area (Å²) in [5.74, 6) is -0.247. The lowest BCUT2D eigenvalue weighted by atomic mass is 9.88. The highest BCUT2D eigenvalue weighted by atomic mass is 16.5. The highest BCUT2D eigenvalue weighted by Crippen LogP contribution is 2.24. The molecule has 0 aromatic rings. The molecular formula is C14H26O2. The maximum Gasteiger partial charge on any atom is 0.333 e. The Labute approximate surface area is 100 Å². The standard InChI is InChI=1S/C14H26O2/c1-6-7-8-9-10-11-16-13(15)12(2)14(3,4)5/h2,6-11H2,1,3-5H3. The van der Waals surface area contributed by atoms with Gasteiger partial charge < -0.3 is 4.74 Å². The van der Waals surface area contributed by atoms with Crippen LogP contribution in [-0.4, -0.2) is 12.6 Å². The summed E-state index contributed by atoms with van der Waals surface area (Å²) >= 11 is 0. The number of carbonyl (C=O) groups is 1. The second-order valence-corrected chi connectivity index (χ2v) is 5.28. The van der Waals surface area contributed by atoms with Crippen LogP contribution in [0.3, 0.4) is 0 Å². The molecular weight excluding hydrogens is 200 g/mol. The smallest absolute Gasteiger partial charge is 0.333 e. The van der Waals surface area contributed by atoms with E-state index in [0.29, 0.717) is 12.2 Å². The molecule has 0 rings (SSSR count). The minimum Gasteiger partial charge on any atom is -0.462 e. The van der Waals surface area contributed by atoms with Gasteiger partial charge in [-0.15, -0.1) is 0 Å². The van der Waals surface area contributed by atoms with Gasteiger partial charge in [-0.2, -0.15) is 0 Å². The van der Waals surface area contributed by atoms with E-state index in [4.69, 9.17) is 4.74 Å². The average Bonchev–Trinajstić information content (AvgIpc) is 2.20. The van der Waals surface area contributed by atoms with E-state index in [1.54, 1.807) is 0 Å². The molecule has 0 amide bonds. The summed E-state index contributed by atoms with van der Waals surface area (Å²) in [7, 11) is 0. The molecule has 0 N–H and O–H groups in total. The fraction of sp³-hybridized carbons (Fsp3) is 0.786. The molecule has 0 bridgehead atoms. The van der Waals surface area contributed by atoms with Crippen LogP contribution in [0.5, 0.6) is 0 Å². The summed E-state index contributed by atoms with van der Waals surface area (Å²) in [5.41, 5.74) is 0.361. The van der Waals surface area contributed by atoms with Crippen molar-refractivity contribution in [2.75, 3.05) is 6.61 Å². The van der Waals surface area contributed by atoms with Crippen LogP contribution in [0.25, 0.3) is 0 Å². The quantitative estimate of drug-likeness (QED) is 0.371.